The van der Waals surface area contributed by atoms with E-state index >= 15 is 0 Å². The predicted molar refractivity (Wildman–Crippen MR) is 80.7 cm³/mol. The Kier molecular flexibility index (Phi) is 6.08. The van der Waals surface area contributed by atoms with Crippen molar-refractivity contribution < 1.29 is 9.84 Å². The first-order valence-electron chi connectivity index (χ1n) is 6.93. The van der Waals surface area contributed by atoms with Crippen LogP contribution in [0.2, 0.25) is 0 Å². The molecule has 106 valence electrons. The molecular weight excluding hydrogens is 250 g/mol. The molecule has 0 aliphatic rings. The van der Waals surface area contributed by atoms with Crippen LogP contribution in [-0.4, -0.2) is 36.3 Å². The van der Waals surface area contributed by atoms with Gasteiger partial charge in [-0.25, -0.2) is 0 Å². The molecule has 0 saturated heterocycles. The van der Waals surface area contributed by atoms with Crippen LogP contribution < -0.4 is 4.74 Å². The summed E-state index contributed by atoms with van der Waals surface area (Å²) in [5, 5.41) is 9.15. The first-order valence-corrected chi connectivity index (χ1v) is 6.93. The Bertz CT molecular complexity index is 473. The number of aliphatic hydroxyl groups is 1. The second-order valence-electron chi connectivity index (χ2n) is 4.65. The zero-order valence-corrected chi connectivity index (χ0v) is 11.6. The normalized spacial score (nSPS) is 10.7. The SMILES string of the molecule is OCCN(CCOc1ccccc1)Cc1ccccc1. The van der Waals surface area contributed by atoms with E-state index in [-0.39, 0.29) is 6.61 Å². The van der Waals surface area contributed by atoms with Gasteiger partial charge in [-0.15, -0.1) is 0 Å². The van der Waals surface area contributed by atoms with Crippen LogP contribution in [0.5, 0.6) is 5.75 Å². The molecule has 2 aromatic carbocycles. The van der Waals surface area contributed by atoms with Gasteiger partial charge in [-0.3, -0.25) is 4.90 Å². The molecule has 0 spiro atoms. The summed E-state index contributed by atoms with van der Waals surface area (Å²) in [6, 6.07) is 20.1. The van der Waals surface area contributed by atoms with E-state index in [1.165, 1.54) is 5.56 Å². The second kappa shape index (κ2) is 8.35. The van der Waals surface area contributed by atoms with Gasteiger partial charge in [0.1, 0.15) is 12.4 Å². The lowest BCUT2D eigenvalue weighted by molar-refractivity contribution is 0.163. The summed E-state index contributed by atoms with van der Waals surface area (Å²) in [5.74, 6) is 0.885. The van der Waals surface area contributed by atoms with Gasteiger partial charge >= 0.3 is 0 Å². The van der Waals surface area contributed by atoms with Crippen LogP contribution in [0.4, 0.5) is 0 Å². The monoisotopic (exact) mass is 271 g/mol. The smallest absolute Gasteiger partial charge is 0.119 e. The Balaban J connectivity index is 1.80. The summed E-state index contributed by atoms with van der Waals surface area (Å²) in [4.78, 5) is 2.19. The number of nitrogens with zero attached hydrogens (tertiary/aromatic N) is 1. The van der Waals surface area contributed by atoms with Gasteiger partial charge in [0.15, 0.2) is 0 Å². The van der Waals surface area contributed by atoms with Crippen LogP contribution in [0, 0.1) is 0 Å². The molecule has 0 bridgehead atoms. The van der Waals surface area contributed by atoms with Gasteiger partial charge in [-0.1, -0.05) is 48.5 Å². The van der Waals surface area contributed by atoms with E-state index in [4.69, 9.17) is 9.84 Å². The molecule has 1 N–H and O–H groups in total. The average molecular weight is 271 g/mol. The van der Waals surface area contributed by atoms with E-state index in [9.17, 15) is 0 Å². The zero-order chi connectivity index (χ0) is 14.0. The molecule has 0 heterocycles. The first kappa shape index (κ1) is 14.6. The highest BCUT2D eigenvalue weighted by molar-refractivity contribution is 5.20. The molecule has 0 fully saturated rings. The van der Waals surface area contributed by atoms with Crippen LogP contribution in [-0.2, 0) is 6.54 Å². The number of ether oxygens (including phenoxy) is 1. The summed E-state index contributed by atoms with van der Waals surface area (Å²) < 4.78 is 5.70. The van der Waals surface area contributed by atoms with Gasteiger partial charge < -0.3 is 9.84 Å². The third-order valence-electron chi connectivity index (χ3n) is 3.08. The third-order valence-corrected chi connectivity index (χ3v) is 3.08. The van der Waals surface area contributed by atoms with E-state index in [0.717, 1.165) is 18.8 Å². The van der Waals surface area contributed by atoms with E-state index in [1.54, 1.807) is 0 Å². The Morgan fingerprint density at radius 1 is 0.850 bits per heavy atom. The lowest BCUT2D eigenvalue weighted by Crippen LogP contribution is -2.30. The maximum absolute atomic E-state index is 9.15. The van der Waals surface area contributed by atoms with E-state index in [1.807, 2.05) is 48.5 Å². The maximum Gasteiger partial charge on any atom is 0.119 e. The van der Waals surface area contributed by atoms with Crippen molar-refractivity contribution >= 4 is 0 Å². The molecule has 0 aliphatic carbocycles. The molecule has 2 aromatic rings. The largest absolute Gasteiger partial charge is 0.492 e. The minimum absolute atomic E-state index is 0.165. The molecular formula is C17H21NO2. The van der Waals surface area contributed by atoms with Gasteiger partial charge in [0.2, 0.25) is 0 Å². The number of rotatable bonds is 8. The van der Waals surface area contributed by atoms with Gasteiger partial charge in [0, 0.05) is 19.6 Å². The highest BCUT2D eigenvalue weighted by Crippen LogP contribution is 2.09. The summed E-state index contributed by atoms with van der Waals surface area (Å²) in [7, 11) is 0. The molecule has 0 radical (unpaired) electrons. The zero-order valence-electron chi connectivity index (χ0n) is 11.6. The summed E-state index contributed by atoms with van der Waals surface area (Å²) in [5.41, 5.74) is 1.25. The fourth-order valence-electron chi connectivity index (χ4n) is 2.06. The summed E-state index contributed by atoms with van der Waals surface area (Å²) in [6.45, 7) is 3.08. The number of benzene rings is 2. The fourth-order valence-corrected chi connectivity index (χ4v) is 2.06. The van der Waals surface area contributed by atoms with Crippen LogP contribution in [0.3, 0.4) is 0 Å². The van der Waals surface area contributed by atoms with E-state index in [0.29, 0.717) is 13.2 Å². The van der Waals surface area contributed by atoms with Gasteiger partial charge in [0.25, 0.3) is 0 Å². The van der Waals surface area contributed by atoms with Crippen molar-refractivity contribution in [1.29, 1.82) is 0 Å². The second-order valence-corrected chi connectivity index (χ2v) is 4.65. The summed E-state index contributed by atoms with van der Waals surface area (Å²) >= 11 is 0. The lowest BCUT2D eigenvalue weighted by Gasteiger charge is -2.21. The Morgan fingerprint density at radius 2 is 1.50 bits per heavy atom. The van der Waals surface area contributed by atoms with Crippen molar-refractivity contribution in [2.75, 3.05) is 26.3 Å². The molecule has 0 saturated carbocycles. The molecule has 0 unspecified atom stereocenters. The summed E-state index contributed by atoms with van der Waals surface area (Å²) in [6.07, 6.45) is 0. The number of hydrogen-bond donors (Lipinski definition) is 1. The van der Waals surface area contributed by atoms with Crippen molar-refractivity contribution in [3.05, 3.63) is 66.2 Å². The van der Waals surface area contributed by atoms with Crippen LogP contribution >= 0.6 is 0 Å². The highest BCUT2D eigenvalue weighted by atomic mass is 16.5. The topological polar surface area (TPSA) is 32.7 Å². The Morgan fingerprint density at radius 3 is 2.15 bits per heavy atom. The first-order chi connectivity index (χ1) is 9.88. The Labute approximate surface area is 120 Å². The molecule has 3 nitrogen and oxygen atoms in total. The third kappa shape index (κ3) is 5.03. The van der Waals surface area contributed by atoms with Gasteiger partial charge in [0.05, 0.1) is 6.61 Å². The quantitative estimate of drug-likeness (QED) is 0.801. The molecule has 20 heavy (non-hydrogen) atoms. The maximum atomic E-state index is 9.15. The standard InChI is InChI=1S/C17H21NO2/c19-13-11-18(15-16-7-3-1-4-8-16)12-14-20-17-9-5-2-6-10-17/h1-10,19H,11-15H2. The molecule has 0 aliphatic heterocycles. The minimum atomic E-state index is 0.165. The number of hydrogen-bond acceptors (Lipinski definition) is 3. The van der Waals surface area contributed by atoms with E-state index in [2.05, 4.69) is 17.0 Å². The van der Waals surface area contributed by atoms with Crippen molar-refractivity contribution in [2.45, 2.75) is 6.54 Å². The molecule has 2 rings (SSSR count). The van der Waals surface area contributed by atoms with Crippen LogP contribution in [0.15, 0.2) is 60.7 Å². The molecule has 0 atom stereocenters. The molecule has 0 amide bonds. The average Bonchev–Trinajstić information content (AvgIpc) is 2.49. The van der Waals surface area contributed by atoms with Gasteiger partial charge in [-0.2, -0.15) is 0 Å². The fraction of sp³-hybridized carbons (Fsp3) is 0.294. The highest BCUT2D eigenvalue weighted by Gasteiger charge is 2.05. The number of para-hydroxylation sites is 1. The van der Waals surface area contributed by atoms with Crippen molar-refractivity contribution in [3.63, 3.8) is 0 Å². The lowest BCUT2D eigenvalue weighted by atomic mass is 10.2. The van der Waals surface area contributed by atoms with E-state index < -0.39 is 0 Å². The Hall–Kier alpha value is -1.84. The van der Waals surface area contributed by atoms with Gasteiger partial charge in [-0.05, 0) is 17.7 Å². The molecule has 0 aromatic heterocycles. The molecule has 3 heteroatoms. The van der Waals surface area contributed by atoms with Crippen molar-refractivity contribution in [2.24, 2.45) is 0 Å². The number of aliphatic hydroxyl groups excluding tert-OH is 1. The van der Waals surface area contributed by atoms with Crippen molar-refractivity contribution in [3.8, 4) is 5.75 Å². The predicted octanol–water partition coefficient (Wildman–Crippen LogP) is 2.56. The van der Waals surface area contributed by atoms with Crippen LogP contribution in [0.1, 0.15) is 5.56 Å². The van der Waals surface area contributed by atoms with Crippen molar-refractivity contribution in [1.82, 2.24) is 4.90 Å². The minimum Gasteiger partial charge on any atom is -0.492 e. The van der Waals surface area contributed by atoms with Crippen LogP contribution in [0.25, 0.3) is 0 Å².